The number of methoxy groups -OCH3 is 1. The first-order chi connectivity index (χ1) is 7.11. The predicted octanol–water partition coefficient (Wildman–Crippen LogP) is 1.27. The Kier molecular flexibility index (Phi) is 4.05. The highest BCUT2D eigenvalue weighted by Crippen LogP contribution is 2.25. The summed E-state index contributed by atoms with van der Waals surface area (Å²) in [7, 11) is 3.59. The zero-order valence-electron chi connectivity index (χ0n) is 9.74. The third-order valence-corrected chi connectivity index (χ3v) is 2.70. The van der Waals surface area contributed by atoms with Crippen LogP contribution in [0, 0.1) is 6.92 Å². The number of nitrogen functional groups attached to an aromatic ring is 1. The highest BCUT2D eigenvalue weighted by atomic mass is 16.5. The third-order valence-electron chi connectivity index (χ3n) is 2.70. The molecule has 84 valence electrons. The molecule has 0 aliphatic rings. The Morgan fingerprint density at radius 2 is 2.20 bits per heavy atom. The second-order valence-corrected chi connectivity index (χ2v) is 3.63. The van der Waals surface area contributed by atoms with Crippen LogP contribution in [-0.4, -0.2) is 25.2 Å². The molecule has 3 N–H and O–H groups in total. The lowest BCUT2D eigenvalue weighted by atomic mass is 9.98. The van der Waals surface area contributed by atoms with E-state index in [2.05, 4.69) is 10.3 Å². The normalized spacial score (nSPS) is 14.9. The molecule has 4 nitrogen and oxygen atoms in total. The number of nitrogens with zero attached hydrogens (tertiary/aromatic N) is 1. The van der Waals surface area contributed by atoms with Crippen LogP contribution in [0.4, 0.5) is 5.82 Å². The molecule has 0 aromatic carbocycles. The second kappa shape index (κ2) is 5.09. The van der Waals surface area contributed by atoms with Gasteiger partial charge in [0.1, 0.15) is 5.82 Å². The molecule has 0 spiro atoms. The SMILES string of the molecule is CNC(c1c(C)ccnc1N)C(C)OC. The summed E-state index contributed by atoms with van der Waals surface area (Å²) in [6, 6.07) is 2.03. The fraction of sp³-hybridized carbons (Fsp3) is 0.545. The molecule has 1 aromatic rings. The lowest BCUT2D eigenvalue weighted by molar-refractivity contribution is 0.0856. The maximum absolute atomic E-state index is 5.88. The number of aromatic nitrogens is 1. The van der Waals surface area contributed by atoms with Crippen molar-refractivity contribution < 1.29 is 4.74 Å². The smallest absolute Gasteiger partial charge is 0.128 e. The predicted molar refractivity (Wildman–Crippen MR) is 61.7 cm³/mol. The minimum Gasteiger partial charge on any atom is -0.383 e. The van der Waals surface area contributed by atoms with Crippen LogP contribution >= 0.6 is 0 Å². The Bertz CT molecular complexity index is 307. The lowest BCUT2D eigenvalue weighted by Gasteiger charge is -2.25. The molecule has 0 saturated heterocycles. The average Bonchev–Trinajstić information content (AvgIpc) is 2.22. The molecular formula is C11H19N3O. The molecule has 15 heavy (non-hydrogen) atoms. The monoisotopic (exact) mass is 209 g/mol. The van der Waals surface area contributed by atoms with E-state index in [1.54, 1.807) is 13.3 Å². The van der Waals surface area contributed by atoms with Crippen molar-refractivity contribution in [2.45, 2.75) is 26.0 Å². The maximum atomic E-state index is 5.88. The van der Waals surface area contributed by atoms with Gasteiger partial charge in [0.2, 0.25) is 0 Å². The van der Waals surface area contributed by atoms with Crippen LogP contribution in [-0.2, 0) is 4.74 Å². The number of aryl methyl sites for hydroxylation is 1. The largest absolute Gasteiger partial charge is 0.383 e. The van der Waals surface area contributed by atoms with Gasteiger partial charge in [-0.25, -0.2) is 4.98 Å². The molecule has 0 bridgehead atoms. The summed E-state index contributed by atoms with van der Waals surface area (Å²) in [6.07, 6.45) is 1.78. The number of likely N-dealkylation sites (N-methyl/N-ethyl adjacent to an activating group) is 1. The van der Waals surface area contributed by atoms with Crippen molar-refractivity contribution in [2.75, 3.05) is 19.9 Å². The highest BCUT2D eigenvalue weighted by molar-refractivity contribution is 5.46. The van der Waals surface area contributed by atoms with Crippen molar-refractivity contribution in [3.63, 3.8) is 0 Å². The van der Waals surface area contributed by atoms with E-state index in [1.807, 2.05) is 27.0 Å². The van der Waals surface area contributed by atoms with Crippen LogP contribution in [0.1, 0.15) is 24.1 Å². The van der Waals surface area contributed by atoms with Gasteiger partial charge in [0.05, 0.1) is 12.1 Å². The van der Waals surface area contributed by atoms with E-state index in [0.29, 0.717) is 5.82 Å². The number of nitrogens with one attached hydrogen (secondary N) is 1. The number of ether oxygens (including phenoxy) is 1. The van der Waals surface area contributed by atoms with Gasteiger partial charge in [0.25, 0.3) is 0 Å². The van der Waals surface area contributed by atoms with E-state index in [0.717, 1.165) is 11.1 Å². The van der Waals surface area contributed by atoms with Crippen molar-refractivity contribution in [3.05, 3.63) is 23.4 Å². The van der Waals surface area contributed by atoms with Crippen LogP contribution in [0.15, 0.2) is 12.3 Å². The van der Waals surface area contributed by atoms with Gasteiger partial charge < -0.3 is 15.8 Å². The number of hydrogen-bond donors (Lipinski definition) is 2. The van der Waals surface area contributed by atoms with Gasteiger partial charge in [0, 0.05) is 18.9 Å². The van der Waals surface area contributed by atoms with E-state index in [-0.39, 0.29) is 12.1 Å². The molecule has 0 amide bonds. The quantitative estimate of drug-likeness (QED) is 0.784. The minimum atomic E-state index is 0.0557. The first-order valence-electron chi connectivity index (χ1n) is 5.02. The average molecular weight is 209 g/mol. The van der Waals surface area contributed by atoms with Crippen molar-refractivity contribution in [1.29, 1.82) is 0 Å². The first kappa shape index (κ1) is 11.9. The van der Waals surface area contributed by atoms with Crippen LogP contribution in [0.5, 0.6) is 0 Å². The van der Waals surface area contributed by atoms with Crippen molar-refractivity contribution in [1.82, 2.24) is 10.3 Å². The molecule has 0 fully saturated rings. The maximum Gasteiger partial charge on any atom is 0.128 e. The van der Waals surface area contributed by atoms with Gasteiger partial charge in [-0.05, 0) is 32.5 Å². The zero-order chi connectivity index (χ0) is 11.4. The van der Waals surface area contributed by atoms with Gasteiger partial charge in [-0.15, -0.1) is 0 Å². The van der Waals surface area contributed by atoms with Crippen LogP contribution in [0.3, 0.4) is 0 Å². The van der Waals surface area contributed by atoms with E-state index in [4.69, 9.17) is 10.5 Å². The second-order valence-electron chi connectivity index (χ2n) is 3.63. The third kappa shape index (κ3) is 2.46. The van der Waals surface area contributed by atoms with Crippen LogP contribution in [0.2, 0.25) is 0 Å². The Hall–Kier alpha value is -1.13. The standard InChI is InChI=1S/C11H19N3O/c1-7-5-6-14-11(12)9(7)10(13-3)8(2)15-4/h5-6,8,10,13H,1-4H3,(H2,12,14). The summed E-state index contributed by atoms with van der Waals surface area (Å²) in [5, 5.41) is 3.21. The number of pyridine rings is 1. The molecule has 1 aromatic heterocycles. The Morgan fingerprint density at radius 3 is 2.67 bits per heavy atom. The molecule has 4 heteroatoms. The molecule has 2 atom stereocenters. The van der Waals surface area contributed by atoms with E-state index in [1.165, 1.54) is 0 Å². The molecule has 0 aliphatic heterocycles. The number of nitrogens with two attached hydrogens (primary N) is 1. The molecule has 0 aliphatic carbocycles. The Labute approximate surface area is 90.8 Å². The number of rotatable bonds is 4. The fourth-order valence-corrected chi connectivity index (χ4v) is 1.75. The molecular weight excluding hydrogens is 190 g/mol. The van der Waals surface area contributed by atoms with Gasteiger partial charge >= 0.3 is 0 Å². The van der Waals surface area contributed by atoms with E-state index >= 15 is 0 Å². The Balaban J connectivity index is 3.11. The fourth-order valence-electron chi connectivity index (χ4n) is 1.75. The van der Waals surface area contributed by atoms with Crippen molar-refractivity contribution >= 4 is 5.82 Å². The number of anilines is 1. The van der Waals surface area contributed by atoms with Gasteiger partial charge in [-0.1, -0.05) is 0 Å². The van der Waals surface area contributed by atoms with Crippen LogP contribution < -0.4 is 11.1 Å². The van der Waals surface area contributed by atoms with Crippen molar-refractivity contribution in [2.24, 2.45) is 0 Å². The zero-order valence-corrected chi connectivity index (χ0v) is 9.74. The Morgan fingerprint density at radius 1 is 1.53 bits per heavy atom. The summed E-state index contributed by atoms with van der Waals surface area (Å²) in [5.74, 6) is 0.568. The summed E-state index contributed by atoms with van der Waals surface area (Å²) in [4.78, 5) is 4.11. The molecule has 2 unspecified atom stereocenters. The molecule has 0 saturated carbocycles. The lowest BCUT2D eigenvalue weighted by Crippen LogP contribution is -2.30. The van der Waals surface area contributed by atoms with Crippen LogP contribution in [0.25, 0.3) is 0 Å². The topological polar surface area (TPSA) is 60.2 Å². The van der Waals surface area contributed by atoms with Gasteiger partial charge in [0.15, 0.2) is 0 Å². The van der Waals surface area contributed by atoms with E-state index < -0.39 is 0 Å². The summed E-state index contributed by atoms with van der Waals surface area (Å²) in [6.45, 7) is 4.03. The summed E-state index contributed by atoms with van der Waals surface area (Å²) < 4.78 is 5.32. The molecule has 1 heterocycles. The van der Waals surface area contributed by atoms with E-state index in [9.17, 15) is 0 Å². The summed E-state index contributed by atoms with van der Waals surface area (Å²) in [5.41, 5.74) is 8.04. The molecule has 0 radical (unpaired) electrons. The van der Waals surface area contributed by atoms with Gasteiger partial charge in [-0.3, -0.25) is 0 Å². The summed E-state index contributed by atoms with van der Waals surface area (Å²) >= 11 is 0. The van der Waals surface area contributed by atoms with Gasteiger partial charge in [-0.2, -0.15) is 0 Å². The minimum absolute atomic E-state index is 0.0557. The van der Waals surface area contributed by atoms with Crippen molar-refractivity contribution in [3.8, 4) is 0 Å². The number of hydrogen-bond acceptors (Lipinski definition) is 4. The highest BCUT2D eigenvalue weighted by Gasteiger charge is 2.21. The first-order valence-corrected chi connectivity index (χ1v) is 5.02. The molecule has 1 rings (SSSR count).